The molecule has 0 amide bonds. The molecule has 0 aliphatic rings. The number of benzene rings is 1. The van der Waals surface area contributed by atoms with Gasteiger partial charge in [-0.2, -0.15) is 5.10 Å². The lowest BCUT2D eigenvalue weighted by molar-refractivity contribution is 0.0697. The number of carboxylic acid groups (broad SMARTS) is 1. The Morgan fingerprint density at radius 1 is 1.11 bits per heavy atom. The average Bonchev–Trinajstić information content (AvgIpc) is 2.40. The molecule has 1 aromatic heterocycles. The van der Waals surface area contributed by atoms with Gasteiger partial charge in [-0.3, -0.25) is 0 Å². The summed E-state index contributed by atoms with van der Waals surface area (Å²) in [6, 6.07) is 7.71. The molecule has 6 nitrogen and oxygen atoms in total. The van der Waals surface area contributed by atoms with E-state index in [0.717, 1.165) is 0 Å². The van der Waals surface area contributed by atoms with Crippen LogP contribution in [0.5, 0.6) is 0 Å². The second kappa shape index (κ2) is 4.53. The lowest BCUT2D eigenvalue weighted by Crippen LogP contribution is -2.06. The summed E-state index contributed by atoms with van der Waals surface area (Å²) in [4.78, 5) is 10.6. The van der Waals surface area contributed by atoms with Crippen LogP contribution in [0.15, 0.2) is 52.5 Å². The molecule has 0 saturated carbocycles. The van der Waals surface area contributed by atoms with Crippen LogP contribution in [0, 0.1) is 0 Å². The zero-order chi connectivity index (χ0) is 13.2. The number of carbonyl (C=O) groups is 1. The Morgan fingerprint density at radius 3 is 2.28 bits per heavy atom. The van der Waals surface area contributed by atoms with E-state index >= 15 is 0 Å². The van der Waals surface area contributed by atoms with Gasteiger partial charge >= 0.3 is 5.97 Å². The summed E-state index contributed by atoms with van der Waals surface area (Å²) in [5, 5.41) is 15.6. The van der Waals surface area contributed by atoms with Gasteiger partial charge in [-0.1, -0.05) is 0 Å². The summed E-state index contributed by atoms with van der Waals surface area (Å²) in [6.45, 7) is 0. The highest BCUT2D eigenvalue weighted by Gasteiger charge is 2.19. The predicted octanol–water partition coefficient (Wildman–Crippen LogP) is 1.01. The minimum Gasteiger partial charge on any atom is -0.478 e. The van der Waals surface area contributed by atoms with Crippen molar-refractivity contribution in [2.75, 3.05) is 0 Å². The van der Waals surface area contributed by atoms with Crippen LogP contribution in [0.1, 0.15) is 10.4 Å². The van der Waals surface area contributed by atoms with Gasteiger partial charge in [0.05, 0.1) is 10.5 Å². The third-order valence-corrected chi connectivity index (χ3v) is 3.90. The third kappa shape index (κ3) is 2.21. The molecular formula is C11H8N2O4S. The summed E-state index contributed by atoms with van der Waals surface area (Å²) in [5.74, 6) is -1.11. The third-order valence-electron chi connectivity index (χ3n) is 2.23. The van der Waals surface area contributed by atoms with Crippen molar-refractivity contribution >= 4 is 15.8 Å². The van der Waals surface area contributed by atoms with Crippen molar-refractivity contribution in [2.24, 2.45) is 0 Å². The fourth-order valence-corrected chi connectivity index (χ4v) is 2.48. The van der Waals surface area contributed by atoms with E-state index in [-0.39, 0.29) is 15.5 Å². The zero-order valence-corrected chi connectivity index (χ0v) is 9.83. The first-order chi connectivity index (χ1) is 8.51. The van der Waals surface area contributed by atoms with E-state index < -0.39 is 15.8 Å². The number of aromatic carboxylic acids is 1. The van der Waals surface area contributed by atoms with Crippen molar-refractivity contribution in [2.45, 2.75) is 9.92 Å². The monoisotopic (exact) mass is 264 g/mol. The van der Waals surface area contributed by atoms with E-state index in [1.807, 2.05) is 0 Å². The van der Waals surface area contributed by atoms with Crippen LogP contribution < -0.4 is 0 Å². The van der Waals surface area contributed by atoms with Crippen LogP contribution >= 0.6 is 0 Å². The summed E-state index contributed by atoms with van der Waals surface area (Å²) in [6.07, 6.45) is 1.37. The maximum atomic E-state index is 12.1. The van der Waals surface area contributed by atoms with Gasteiger partial charge in [-0.25, -0.2) is 13.2 Å². The summed E-state index contributed by atoms with van der Waals surface area (Å²) in [7, 11) is -3.75. The number of carboxylic acids is 1. The first kappa shape index (κ1) is 12.2. The summed E-state index contributed by atoms with van der Waals surface area (Å²) in [5.41, 5.74) is 0.0214. The van der Waals surface area contributed by atoms with E-state index in [4.69, 9.17) is 5.11 Å². The van der Waals surface area contributed by atoms with Crippen molar-refractivity contribution in [1.82, 2.24) is 10.2 Å². The number of hydrogen-bond acceptors (Lipinski definition) is 5. The second-order valence-corrected chi connectivity index (χ2v) is 5.29. The molecule has 0 aliphatic heterocycles. The molecule has 0 unspecified atom stereocenters. The lowest BCUT2D eigenvalue weighted by atomic mass is 10.2. The predicted molar refractivity (Wildman–Crippen MR) is 60.9 cm³/mol. The number of nitrogens with zero attached hydrogens (tertiary/aromatic N) is 2. The minimum absolute atomic E-state index is 0.0204. The zero-order valence-electron chi connectivity index (χ0n) is 9.02. The number of aromatic nitrogens is 2. The summed E-state index contributed by atoms with van der Waals surface area (Å²) < 4.78 is 24.1. The van der Waals surface area contributed by atoms with Gasteiger partial charge in [0.1, 0.15) is 0 Å². The topological polar surface area (TPSA) is 97.2 Å². The molecule has 1 N–H and O–H groups in total. The van der Waals surface area contributed by atoms with E-state index in [1.165, 1.54) is 42.6 Å². The van der Waals surface area contributed by atoms with Crippen molar-refractivity contribution < 1.29 is 18.3 Å². The molecule has 0 bridgehead atoms. The van der Waals surface area contributed by atoms with Crippen LogP contribution in [0.25, 0.3) is 0 Å². The molecule has 0 aliphatic carbocycles. The van der Waals surface area contributed by atoms with Gasteiger partial charge in [0, 0.05) is 6.20 Å². The maximum absolute atomic E-state index is 12.1. The highest BCUT2D eigenvalue weighted by Crippen LogP contribution is 2.18. The highest BCUT2D eigenvalue weighted by molar-refractivity contribution is 7.91. The molecule has 7 heteroatoms. The Morgan fingerprint density at radius 2 is 1.78 bits per heavy atom. The van der Waals surface area contributed by atoms with Gasteiger partial charge in [0.2, 0.25) is 9.84 Å². The average molecular weight is 264 g/mol. The van der Waals surface area contributed by atoms with Gasteiger partial charge in [-0.15, -0.1) is 5.10 Å². The number of rotatable bonds is 3. The van der Waals surface area contributed by atoms with E-state index in [9.17, 15) is 13.2 Å². The smallest absolute Gasteiger partial charge is 0.335 e. The Bertz CT molecular complexity index is 666. The molecule has 92 valence electrons. The maximum Gasteiger partial charge on any atom is 0.335 e. The van der Waals surface area contributed by atoms with E-state index in [2.05, 4.69) is 10.2 Å². The van der Waals surface area contributed by atoms with Crippen LogP contribution in [0.3, 0.4) is 0 Å². The van der Waals surface area contributed by atoms with Crippen molar-refractivity contribution in [3.63, 3.8) is 0 Å². The minimum atomic E-state index is -3.75. The molecule has 18 heavy (non-hydrogen) atoms. The van der Waals surface area contributed by atoms with Crippen molar-refractivity contribution in [3.8, 4) is 0 Å². The summed E-state index contributed by atoms with van der Waals surface area (Å²) >= 11 is 0. The van der Waals surface area contributed by atoms with Gasteiger partial charge < -0.3 is 5.11 Å². The molecule has 1 aromatic carbocycles. The first-order valence-corrected chi connectivity index (χ1v) is 6.36. The molecule has 2 rings (SSSR count). The number of hydrogen-bond donors (Lipinski definition) is 1. The Hall–Kier alpha value is -2.28. The van der Waals surface area contributed by atoms with Crippen LogP contribution in [0.4, 0.5) is 0 Å². The largest absolute Gasteiger partial charge is 0.478 e. The van der Waals surface area contributed by atoms with Crippen molar-refractivity contribution in [3.05, 3.63) is 48.2 Å². The van der Waals surface area contributed by atoms with Crippen LogP contribution in [-0.2, 0) is 9.84 Å². The molecule has 1 heterocycles. The highest BCUT2D eigenvalue weighted by atomic mass is 32.2. The van der Waals surface area contributed by atoms with Crippen LogP contribution in [-0.4, -0.2) is 29.7 Å². The quantitative estimate of drug-likeness (QED) is 0.888. The second-order valence-electron chi connectivity index (χ2n) is 3.39. The SMILES string of the molecule is O=C(O)c1ccc(S(=O)(=O)c2cccnn2)cc1. The van der Waals surface area contributed by atoms with E-state index in [1.54, 1.807) is 0 Å². The molecule has 0 radical (unpaired) electrons. The standard InChI is InChI=1S/C11H8N2O4S/c14-11(15)8-3-5-9(6-4-8)18(16,17)10-2-1-7-12-13-10/h1-7H,(H,14,15). The fourth-order valence-electron chi connectivity index (χ4n) is 1.33. The molecule has 0 atom stereocenters. The lowest BCUT2D eigenvalue weighted by Gasteiger charge is -2.02. The van der Waals surface area contributed by atoms with Crippen molar-refractivity contribution in [1.29, 1.82) is 0 Å². The van der Waals surface area contributed by atoms with Crippen LogP contribution in [0.2, 0.25) is 0 Å². The molecule has 0 spiro atoms. The molecular weight excluding hydrogens is 256 g/mol. The van der Waals surface area contributed by atoms with E-state index in [0.29, 0.717) is 0 Å². The molecule has 2 aromatic rings. The molecule has 0 fully saturated rings. The Labute approximate surface area is 103 Å². The Kier molecular flexibility index (Phi) is 3.07. The first-order valence-electron chi connectivity index (χ1n) is 4.88. The van der Waals surface area contributed by atoms with Gasteiger partial charge in [0.25, 0.3) is 0 Å². The normalized spacial score (nSPS) is 11.1. The number of sulfone groups is 1. The van der Waals surface area contributed by atoms with Gasteiger partial charge in [-0.05, 0) is 36.4 Å². The van der Waals surface area contributed by atoms with Gasteiger partial charge in [0.15, 0.2) is 5.03 Å². The fraction of sp³-hybridized carbons (Fsp3) is 0. The molecule has 0 saturated heterocycles. The Balaban J connectivity index is 2.46.